The van der Waals surface area contributed by atoms with Crippen molar-refractivity contribution >= 4 is 70.4 Å². The Morgan fingerprint density at radius 2 is 0.603 bits per heavy atom. The maximum Gasteiger partial charge on any atom is 0.200 e. The number of benzene rings is 8. The quantitative estimate of drug-likeness (QED) is 0.0370. The highest BCUT2D eigenvalue weighted by Crippen LogP contribution is 2.36. The van der Waals surface area contributed by atoms with Crippen molar-refractivity contribution in [3.8, 4) is 0 Å². The fraction of sp³-hybridized carbons (Fsp3) is 0.0926. The smallest absolute Gasteiger partial charge is 0.200 e. The molecule has 8 aromatic carbocycles. The Labute approximate surface area is 433 Å². The van der Waals surface area contributed by atoms with Crippen molar-refractivity contribution in [3.63, 3.8) is 0 Å². The summed E-state index contributed by atoms with van der Waals surface area (Å²) in [5.74, 6) is -71.0. The number of hydrogen-bond acceptors (Lipinski definition) is 2. The van der Waals surface area contributed by atoms with Crippen molar-refractivity contribution in [3.05, 3.63) is 228 Å². The van der Waals surface area contributed by atoms with Gasteiger partial charge in [-0.3, -0.25) is 4.79 Å². The number of fused-ring (bicyclic) bond motifs is 2. The summed E-state index contributed by atoms with van der Waals surface area (Å²) in [6.45, 7) is 8.57. The van der Waals surface area contributed by atoms with Crippen molar-refractivity contribution in [1.29, 1.82) is 0 Å². The molecule has 0 spiro atoms. The van der Waals surface area contributed by atoms with Crippen LogP contribution in [-0.4, -0.2) is 6.15 Å². The summed E-state index contributed by atoms with van der Waals surface area (Å²) in [6, 6.07) is 30.4. The lowest BCUT2D eigenvalue weighted by Crippen LogP contribution is -2.81. The molecule has 0 N–H and O–H groups in total. The van der Waals surface area contributed by atoms with Crippen molar-refractivity contribution < 1.29 is 87.8 Å². The first-order valence-corrected chi connectivity index (χ1v) is 24.3. The molecule has 0 aliphatic carbocycles. The van der Waals surface area contributed by atoms with Gasteiger partial charge in [0.2, 0.25) is 0 Å². The average Bonchev–Trinajstić information content (AvgIpc) is 3.61. The lowest BCUT2D eigenvalue weighted by atomic mass is 9.12. The standard InChI is InChI=1S/C30H27OS2.C24BF20/c1-19(2)22-9-15-28-26(17-22)30(31)27-18-25(14-16-29(27)32-28)33(23-10-5-20(3)6-11-23)24-12-7-21(4)8-13-24;26-5-1(6(27)14(35)21(42)13(5)34)25(2-7(28)15(36)22(43)16(37)8(2)29,3-9(30)17(38)23(44)18(39)10(3)31)4-11(32)19(40)24(45)20(41)12(4)33/h5-19H,1-4H3;/q+1;-1. The Bertz CT molecular complexity index is 3570. The Hall–Kier alpha value is -7.34. The van der Waals surface area contributed by atoms with Crippen molar-refractivity contribution in [2.45, 2.75) is 48.3 Å². The van der Waals surface area contributed by atoms with Gasteiger partial charge in [0.05, 0.1) is 10.9 Å². The van der Waals surface area contributed by atoms with Gasteiger partial charge in [-0.15, -0.1) is 33.2 Å². The fourth-order valence-electron chi connectivity index (χ4n) is 8.97. The number of halogens is 20. The largest absolute Gasteiger partial charge is 0.288 e. The van der Waals surface area contributed by atoms with E-state index in [1.165, 1.54) is 31.4 Å². The van der Waals surface area contributed by atoms with E-state index in [1.807, 2.05) is 0 Å². The minimum absolute atomic E-state index is 0.138. The van der Waals surface area contributed by atoms with Crippen molar-refractivity contribution in [1.82, 2.24) is 0 Å². The van der Waals surface area contributed by atoms with Crippen LogP contribution in [0.1, 0.15) is 36.5 Å². The molecule has 0 bridgehead atoms. The second-order valence-electron chi connectivity index (χ2n) is 17.7. The van der Waals surface area contributed by atoms with Crippen LogP contribution < -0.4 is 27.3 Å². The number of aryl methyl sites for hydroxylation is 2. The predicted octanol–water partition coefficient (Wildman–Crippen LogP) is 14.1. The zero-order valence-corrected chi connectivity index (χ0v) is 41.2. The molecular formula is C54H27BF20OS2. The van der Waals surface area contributed by atoms with Crippen molar-refractivity contribution in [2.24, 2.45) is 0 Å². The Morgan fingerprint density at radius 1 is 0.346 bits per heavy atom. The second kappa shape index (κ2) is 21.1. The molecule has 78 heavy (non-hydrogen) atoms. The molecule has 1 nitrogen and oxygen atoms in total. The van der Waals surface area contributed by atoms with Gasteiger partial charge in [0.25, 0.3) is 0 Å². The molecule has 9 aromatic rings. The monoisotopic (exact) mass is 1150 g/mol. The van der Waals surface area contributed by atoms with E-state index >= 15 is 35.1 Å². The van der Waals surface area contributed by atoms with Crippen LogP contribution in [0.15, 0.2) is 104 Å². The first kappa shape index (κ1) is 56.9. The van der Waals surface area contributed by atoms with Gasteiger partial charge in [-0.05, 0) is 73.9 Å². The molecule has 24 heteroatoms. The van der Waals surface area contributed by atoms with Crippen molar-refractivity contribution in [2.75, 3.05) is 0 Å². The van der Waals surface area contributed by atoms with Crippen LogP contribution in [0.25, 0.3) is 20.2 Å². The van der Waals surface area contributed by atoms with E-state index in [0.29, 0.717) is 5.92 Å². The molecule has 0 aliphatic heterocycles. The van der Waals surface area contributed by atoms with Gasteiger partial charge in [0, 0.05) is 26.2 Å². The fourth-order valence-corrected chi connectivity index (χ4v) is 12.1. The van der Waals surface area contributed by atoms with Crippen LogP contribution in [-0.2, 0) is 10.9 Å². The Balaban J connectivity index is 0.000000215. The molecule has 1 heterocycles. The van der Waals surface area contributed by atoms with Gasteiger partial charge in [0.15, 0.2) is 89.9 Å². The third-order valence-electron chi connectivity index (χ3n) is 12.8. The maximum atomic E-state index is 15.4. The highest BCUT2D eigenvalue weighted by Gasteiger charge is 2.52. The molecule has 0 fully saturated rings. The van der Waals surface area contributed by atoms with E-state index in [9.17, 15) is 57.5 Å². The second-order valence-corrected chi connectivity index (χ2v) is 20.8. The molecule has 0 aliphatic rings. The lowest BCUT2D eigenvalue weighted by molar-refractivity contribution is 0.378. The summed E-state index contributed by atoms with van der Waals surface area (Å²) in [5, 5.41) is 1.66. The van der Waals surface area contributed by atoms with Gasteiger partial charge in [-0.2, -0.15) is 0 Å². The topological polar surface area (TPSA) is 17.1 Å². The molecule has 0 amide bonds. The van der Waals surface area contributed by atoms with E-state index in [1.54, 1.807) is 11.3 Å². The molecular weight excluding hydrogens is 1120 g/mol. The summed E-state index contributed by atoms with van der Waals surface area (Å²) in [5.41, 5.74) is -10.5. The van der Waals surface area contributed by atoms with Crippen LogP contribution in [0.4, 0.5) is 87.8 Å². The number of rotatable bonds is 8. The van der Waals surface area contributed by atoms with E-state index in [4.69, 9.17) is 0 Å². The molecule has 0 atom stereocenters. The van der Waals surface area contributed by atoms with Crippen LogP contribution >= 0.6 is 11.3 Å². The SMILES string of the molecule is Cc1ccc([S+](c2ccc(C)cc2)c2ccc3sc4ccc(C(C)C)cc4c(=O)c3c2)cc1.Fc1c(F)c(F)c([B-](c2c(F)c(F)c(F)c(F)c2F)(c2c(F)c(F)c(F)c(F)c2F)c2c(F)c(F)c(F)c(F)c2F)c(F)c1F. The minimum atomic E-state index is -7.22. The predicted molar refractivity (Wildman–Crippen MR) is 253 cm³/mol. The molecule has 404 valence electrons. The molecule has 0 saturated heterocycles. The summed E-state index contributed by atoms with van der Waals surface area (Å²) < 4.78 is 296. The maximum absolute atomic E-state index is 15.4. The van der Waals surface area contributed by atoms with Crippen LogP contribution in [0, 0.1) is 130 Å². The van der Waals surface area contributed by atoms with Crippen LogP contribution in [0.3, 0.4) is 0 Å². The van der Waals surface area contributed by atoms with Gasteiger partial charge in [0.1, 0.15) is 52.7 Å². The zero-order chi connectivity index (χ0) is 57.5. The normalized spacial score (nSPS) is 11.9. The summed E-state index contributed by atoms with van der Waals surface area (Å²) in [6.07, 6.45) is -7.22. The van der Waals surface area contributed by atoms with Crippen LogP contribution in [0.5, 0.6) is 0 Å². The Kier molecular flexibility index (Phi) is 15.4. The van der Waals surface area contributed by atoms with E-state index < -0.39 is 144 Å². The summed E-state index contributed by atoms with van der Waals surface area (Å²) in [7, 11) is -0.275. The van der Waals surface area contributed by atoms with E-state index in [0.717, 1.165) is 20.2 Å². The first-order chi connectivity index (χ1) is 36.6. The third kappa shape index (κ3) is 9.02. The van der Waals surface area contributed by atoms with Crippen LogP contribution in [0.2, 0.25) is 0 Å². The van der Waals surface area contributed by atoms with Gasteiger partial charge in [-0.1, -0.05) is 55.3 Å². The molecule has 0 unspecified atom stereocenters. The molecule has 0 saturated carbocycles. The van der Waals surface area contributed by atoms with Gasteiger partial charge >= 0.3 is 0 Å². The first-order valence-electron chi connectivity index (χ1n) is 22.2. The third-order valence-corrected chi connectivity index (χ3v) is 16.2. The zero-order valence-electron chi connectivity index (χ0n) is 39.5. The van der Waals surface area contributed by atoms with Gasteiger partial charge in [-0.25, -0.2) is 87.8 Å². The highest BCUT2D eigenvalue weighted by atomic mass is 32.2. The highest BCUT2D eigenvalue weighted by molar-refractivity contribution is 7.97. The van der Waals surface area contributed by atoms with E-state index in [-0.39, 0.29) is 16.3 Å². The summed E-state index contributed by atoms with van der Waals surface area (Å²) >= 11 is 1.70. The average molecular weight is 1150 g/mol. The van der Waals surface area contributed by atoms with E-state index in [2.05, 4.69) is 113 Å². The summed E-state index contributed by atoms with van der Waals surface area (Å²) in [4.78, 5) is 17.3. The minimum Gasteiger partial charge on any atom is -0.288 e. The Morgan fingerprint density at radius 3 is 0.897 bits per heavy atom. The lowest BCUT2D eigenvalue weighted by Gasteiger charge is -2.44. The molecule has 9 rings (SSSR count). The van der Waals surface area contributed by atoms with Gasteiger partial charge < -0.3 is 0 Å². The molecule has 1 aromatic heterocycles. The number of hydrogen-bond donors (Lipinski definition) is 0. The molecule has 0 radical (unpaired) electrons.